The second-order valence-electron chi connectivity index (χ2n) is 7.81. The molecular weight excluding hydrogens is 465 g/mol. The summed E-state index contributed by atoms with van der Waals surface area (Å²) in [5.74, 6) is 1.06. The zero-order chi connectivity index (χ0) is 18.5. The van der Waals surface area contributed by atoms with Gasteiger partial charge in [-0.15, -0.1) is 24.0 Å². The van der Waals surface area contributed by atoms with E-state index in [0.717, 1.165) is 78.0 Å². The maximum Gasteiger partial charge on any atom is 0.193 e. The molecule has 1 atom stereocenters. The molecule has 7 heteroatoms. The van der Waals surface area contributed by atoms with Crippen LogP contribution in [0.25, 0.3) is 0 Å². The summed E-state index contributed by atoms with van der Waals surface area (Å²) in [6.45, 7) is 10.3. The fraction of sp³-hybridized carbons (Fsp3) is 0.667. The smallest absolute Gasteiger partial charge is 0.193 e. The lowest BCUT2D eigenvalue weighted by Crippen LogP contribution is -2.47. The first-order valence-electron chi connectivity index (χ1n) is 10.4. The minimum atomic E-state index is 0. The first-order valence-corrected chi connectivity index (χ1v) is 10.4. The van der Waals surface area contributed by atoms with Gasteiger partial charge in [-0.2, -0.15) is 0 Å². The highest BCUT2D eigenvalue weighted by Crippen LogP contribution is 2.18. The Morgan fingerprint density at radius 2 is 1.93 bits per heavy atom. The molecule has 4 rings (SSSR count). The number of morpholine rings is 1. The molecule has 0 aliphatic carbocycles. The van der Waals surface area contributed by atoms with E-state index in [1.165, 1.54) is 17.5 Å². The van der Waals surface area contributed by atoms with Crippen molar-refractivity contribution in [3.63, 3.8) is 0 Å². The Kier molecular flexibility index (Phi) is 8.37. The molecule has 3 aliphatic heterocycles. The number of hydrogen-bond donors (Lipinski definition) is 1. The van der Waals surface area contributed by atoms with Crippen molar-refractivity contribution in [1.82, 2.24) is 20.0 Å². The predicted molar refractivity (Wildman–Crippen MR) is 125 cm³/mol. The minimum Gasteiger partial charge on any atom is -0.379 e. The normalized spacial score (nSPS) is 24.0. The van der Waals surface area contributed by atoms with Crippen molar-refractivity contribution in [2.24, 2.45) is 4.99 Å². The number of nitrogens with zero attached hydrogens (tertiary/aromatic N) is 4. The summed E-state index contributed by atoms with van der Waals surface area (Å²) in [5.41, 5.74) is 3.00. The van der Waals surface area contributed by atoms with Crippen molar-refractivity contribution < 1.29 is 4.74 Å². The molecule has 2 saturated heterocycles. The van der Waals surface area contributed by atoms with E-state index in [0.29, 0.717) is 6.04 Å². The van der Waals surface area contributed by atoms with E-state index < -0.39 is 0 Å². The van der Waals surface area contributed by atoms with E-state index in [-0.39, 0.29) is 24.0 Å². The molecule has 0 saturated carbocycles. The first-order chi connectivity index (χ1) is 13.3. The lowest BCUT2D eigenvalue weighted by atomic mass is 10.00. The van der Waals surface area contributed by atoms with Crippen LogP contribution in [0, 0.1) is 0 Å². The van der Waals surface area contributed by atoms with Gasteiger partial charge < -0.3 is 15.0 Å². The van der Waals surface area contributed by atoms with Gasteiger partial charge in [-0.3, -0.25) is 14.8 Å². The quantitative estimate of drug-likeness (QED) is 0.388. The highest BCUT2D eigenvalue weighted by molar-refractivity contribution is 14.0. The largest absolute Gasteiger partial charge is 0.379 e. The number of halogens is 1. The zero-order valence-electron chi connectivity index (χ0n) is 17.0. The Labute approximate surface area is 186 Å². The molecule has 28 heavy (non-hydrogen) atoms. The molecule has 3 aliphatic rings. The van der Waals surface area contributed by atoms with E-state index in [2.05, 4.69) is 49.3 Å². The highest BCUT2D eigenvalue weighted by Gasteiger charge is 2.30. The van der Waals surface area contributed by atoms with Crippen molar-refractivity contribution >= 4 is 29.9 Å². The van der Waals surface area contributed by atoms with Crippen LogP contribution in [0.4, 0.5) is 0 Å². The van der Waals surface area contributed by atoms with Gasteiger partial charge >= 0.3 is 0 Å². The van der Waals surface area contributed by atoms with Crippen LogP contribution >= 0.6 is 24.0 Å². The van der Waals surface area contributed by atoms with Gasteiger partial charge in [0.15, 0.2) is 5.96 Å². The Balaban J connectivity index is 0.00000225. The minimum absolute atomic E-state index is 0. The SMILES string of the molecule is CN=C(NCCN1CCc2ccccc2C1)N1CCC(N2CCOCC2)C1.I. The molecule has 0 amide bonds. The van der Waals surface area contributed by atoms with Crippen LogP contribution in [0.2, 0.25) is 0 Å². The van der Waals surface area contributed by atoms with Crippen LogP contribution in [0.1, 0.15) is 17.5 Å². The summed E-state index contributed by atoms with van der Waals surface area (Å²) in [7, 11) is 1.90. The standard InChI is InChI=1S/C21H33N5O.HI/c1-22-21(26-10-7-20(17-26)25-12-14-27-15-13-25)23-8-11-24-9-6-18-4-2-3-5-19(18)16-24;/h2-5,20H,6-17H2,1H3,(H,22,23);1H. The van der Waals surface area contributed by atoms with Crippen LogP contribution in [0.3, 0.4) is 0 Å². The Morgan fingerprint density at radius 3 is 2.71 bits per heavy atom. The molecule has 1 N–H and O–H groups in total. The average Bonchev–Trinajstić information content (AvgIpc) is 3.22. The number of guanidine groups is 1. The maximum absolute atomic E-state index is 5.49. The van der Waals surface area contributed by atoms with Crippen molar-refractivity contribution in [2.75, 3.05) is 66.1 Å². The number of aliphatic imine (C=N–C) groups is 1. The van der Waals surface area contributed by atoms with Gasteiger partial charge in [-0.25, -0.2) is 0 Å². The topological polar surface area (TPSA) is 43.3 Å². The number of ether oxygens (including phenoxy) is 1. The van der Waals surface area contributed by atoms with Gasteiger partial charge in [-0.1, -0.05) is 24.3 Å². The van der Waals surface area contributed by atoms with Crippen molar-refractivity contribution in [3.8, 4) is 0 Å². The van der Waals surface area contributed by atoms with Crippen LogP contribution in [0.5, 0.6) is 0 Å². The lowest BCUT2D eigenvalue weighted by molar-refractivity contribution is 0.0195. The maximum atomic E-state index is 5.49. The van der Waals surface area contributed by atoms with Crippen LogP contribution in [0.15, 0.2) is 29.3 Å². The number of nitrogens with one attached hydrogen (secondary N) is 1. The van der Waals surface area contributed by atoms with E-state index in [9.17, 15) is 0 Å². The molecule has 156 valence electrons. The second kappa shape index (κ2) is 10.8. The van der Waals surface area contributed by atoms with Gasteiger partial charge in [0.1, 0.15) is 0 Å². The molecule has 0 spiro atoms. The Bertz CT molecular complexity index is 649. The van der Waals surface area contributed by atoms with Crippen molar-refractivity contribution in [1.29, 1.82) is 0 Å². The van der Waals surface area contributed by atoms with Crippen LogP contribution in [-0.2, 0) is 17.7 Å². The fourth-order valence-corrected chi connectivity index (χ4v) is 4.58. The first kappa shape index (κ1) is 21.8. The summed E-state index contributed by atoms with van der Waals surface area (Å²) in [6.07, 6.45) is 2.39. The van der Waals surface area contributed by atoms with Crippen LogP contribution < -0.4 is 5.32 Å². The third-order valence-electron chi connectivity index (χ3n) is 6.16. The molecule has 3 heterocycles. The molecule has 1 aromatic carbocycles. The zero-order valence-corrected chi connectivity index (χ0v) is 19.3. The molecule has 1 aromatic rings. The van der Waals surface area contributed by atoms with Gasteiger partial charge in [0.25, 0.3) is 0 Å². The number of hydrogen-bond acceptors (Lipinski definition) is 4. The van der Waals surface area contributed by atoms with Gasteiger partial charge in [0.2, 0.25) is 0 Å². The van der Waals surface area contributed by atoms with E-state index >= 15 is 0 Å². The summed E-state index contributed by atoms with van der Waals surface area (Å²) in [6, 6.07) is 9.49. The number of benzene rings is 1. The predicted octanol–water partition coefficient (Wildman–Crippen LogP) is 1.64. The molecule has 0 radical (unpaired) electrons. The Morgan fingerprint density at radius 1 is 1.14 bits per heavy atom. The van der Waals surface area contributed by atoms with Crippen molar-refractivity contribution in [2.45, 2.75) is 25.4 Å². The third-order valence-corrected chi connectivity index (χ3v) is 6.16. The number of fused-ring (bicyclic) bond motifs is 1. The molecule has 1 unspecified atom stereocenters. The summed E-state index contributed by atoms with van der Waals surface area (Å²) in [5, 5.41) is 3.60. The van der Waals surface area contributed by atoms with E-state index in [1.807, 2.05) is 7.05 Å². The average molecular weight is 499 g/mol. The van der Waals surface area contributed by atoms with Gasteiger partial charge in [0.05, 0.1) is 13.2 Å². The van der Waals surface area contributed by atoms with Gasteiger partial charge in [0, 0.05) is 65.4 Å². The highest BCUT2D eigenvalue weighted by atomic mass is 127. The molecule has 2 fully saturated rings. The summed E-state index contributed by atoms with van der Waals surface area (Å²) >= 11 is 0. The lowest BCUT2D eigenvalue weighted by Gasteiger charge is -2.32. The Hall–Kier alpha value is -0.900. The fourth-order valence-electron chi connectivity index (χ4n) is 4.58. The molecule has 0 bridgehead atoms. The number of rotatable bonds is 4. The molecule has 0 aromatic heterocycles. The van der Waals surface area contributed by atoms with Crippen LogP contribution in [-0.4, -0.2) is 92.8 Å². The summed E-state index contributed by atoms with van der Waals surface area (Å²) in [4.78, 5) is 12.1. The van der Waals surface area contributed by atoms with E-state index in [1.54, 1.807) is 0 Å². The number of likely N-dealkylation sites (tertiary alicyclic amines) is 1. The third kappa shape index (κ3) is 5.37. The van der Waals surface area contributed by atoms with E-state index in [4.69, 9.17) is 4.74 Å². The van der Waals surface area contributed by atoms with Crippen molar-refractivity contribution in [3.05, 3.63) is 35.4 Å². The monoisotopic (exact) mass is 499 g/mol. The van der Waals surface area contributed by atoms with Gasteiger partial charge in [-0.05, 0) is 24.0 Å². The summed E-state index contributed by atoms with van der Waals surface area (Å²) < 4.78 is 5.49. The molecular formula is C21H34IN5O. The molecule has 6 nitrogen and oxygen atoms in total. The second-order valence-corrected chi connectivity index (χ2v) is 7.81.